The molecular formula is C17H17N3O2. The van der Waals surface area contributed by atoms with E-state index in [0.717, 1.165) is 25.1 Å². The molecule has 4 rings (SSSR count). The highest BCUT2D eigenvalue weighted by Crippen LogP contribution is 2.40. The fourth-order valence-electron chi connectivity index (χ4n) is 3.56. The van der Waals surface area contributed by atoms with Crippen LogP contribution in [-0.4, -0.2) is 39.5 Å². The molecule has 0 aromatic carbocycles. The standard InChI is InChI=1S/C17H17N3O2/c21-17(14-5-1-2-9-19-14)20-11-12-6-7-15(20)16(12)22-13-4-3-8-18-10-13/h1-5,8-10,12,15-16H,6-7,11H2. The van der Waals surface area contributed by atoms with Gasteiger partial charge in [0.25, 0.3) is 5.91 Å². The Bertz CT molecular complexity index is 662. The Labute approximate surface area is 129 Å². The minimum absolute atomic E-state index is 0.00702. The molecule has 1 saturated carbocycles. The molecule has 3 heterocycles. The average molecular weight is 295 g/mol. The molecule has 112 valence electrons. The molecule has 1 aliphatic heterocycles. The predicted octanol–water partition coefficient (Wildman–Crippen LogP) is 2.16. The molecule has 0 N–H and O–H groups in total. The number of hydrogen-bond acceptors (Lipinski definition) is 4. The highest BCUT2D eigenvalue weighted by Gasteiger charge is 2.50. The Morgan fingerprint density at radius 2 is 2.14 bits per heavy atom. The number of aromatic nitrogens is 2. The number of carbonyl (C=O) groups excluding carboxylic acids is 1. The molecule has 3 unspecified atom stereocenters. The molecule has 2 fully saturated rings. The molecule has 2 aliphatic rings. The van der Waals surface area contributed by atoms with Gasteiger partial charge in [0.15, 0.2) is 0 Å². The quantitative estimate of drug-likeness (QED) is 0.870. The summed E-state index contributed by atoms with van der Waals surface area (Å²) in [5.41, 5.74) is 0.509. The third-order valence-electron chi connectivity index (χ3n) is 4.56. The summed E-state index contributed by atoms with van der Waals surface area (Å²) in [7, 11) is 0. The van der Waals surface area contributed by atoms with E-state index in [9.17, 15) is 4.79 Å². The van der Waals surface area contributed by atoms with Crippen molar-refractivity contribution >= 4 is 5.91 Å². The molecule has 2 aromatic rings. The predicted molar refractivity (Wildman–Crippen MR) is 80.4 cm³/mol. The van der Waals surface area contributed by atoms with E-state index in [0.29, 0.717) is 11.6 Å². The van der Waals surface area contributed by atoms with E-state index in [1.54, 1.807) is 24.7 Å². The molecule has 5 nitrogen and oxygen atoms in total. The monoisotopic (exact) mass is 295 g/mol. The van der Waals surface area contributed by atoms with E-state index in [1.165, 1.54) is 0 Å². The minimum Gasteiger partial charge on any atom is -0.486 e. The maximum absolute atomic E-state index is 12.6. The minimum atomic E-state index is 0.00702. The van der Waals surface area contributed by atoms with Crippen molar-refractivity contribution < 1.29 is 9.53 Å². The van der Waals surface area contributed by atoms with Crippen molar-refractivity contribution in [2.24, 2.45) is 5.92 Å². The van der Waals surface area contributed by atoms with Crippen molar-refractivity contribution in [3.8, 4) is 5.75 Å². The molecular weight excluding hydrogens is 278 g/mol. The summed E-state index contributed by atoms with van der Waals surface area (Å²) in [6, 6.07) is 9.35. The number of nitrogens with zero attached hydrogens (tertiary/aromatic N) is 3. The summed E-state index contributed by atoms with van der Waals surface area (Å²) in [5.74, 6) is 1.18. The fourth-order valence-corrected chi connectivity index (χ4v) is 3.56. The summed E-state index contributed by atoms with van der Waals surface area (Å²) in [4.78, 5) is 22.8. The third kappa shape index (κ3) is 2.22. The molecule has 5 heteroatoms. The zero-order valence-corrected chi connectivity index (χ0v) is 12.1. The lowest BCUT2D eigenvalue weighted by molar-refractivity contribution is 0.0661. The van der Waals surface area contributed by atoms with Gasteiger partial charge in [-0.2, -0.15) is 0 Å². The van der Waals surface area contributed by atoms with Crippen LogP contribution in [0.15, 0.2) is 48.9 Å². The van der Waals surface area contributed by atoms with Gasteiger partial charge in [-0.25, -0.2) is 0 Å². The number of likely N-dealkylation sites (tertiary alicyclic amines) is 1. The van der Waals surface area contributed by atoms with E-state index in [4.69, 9.17) is 4.74 Å². The maximum atomic E-state index is 12.6. The SMILES string of the molecule is O=C(c1ccccn1)N1CC2CCC1C2Oc1cccnc1. The van der Waals surface area contributed by atoms with Crippen LogP contribution in [0.2, 0.25) is 0 Å². The van der Waals surface area contributed by atoms with Crippen LogP contribution in [0.25, 0.3) is 0 Å². The molecule has 1 saturated heterocycles. The molecule has 2 bridgehead atoms. The topological polar surface area (TPSA) is 55.3 Å². The number of pyridine rings is 2. The van der Waals surface area contributed by atoms with Gasteiger partial charge in [-0.05, 0) is 37.1 Å². The van der Waals surface area contributed by atoms with E-state index >= 15 is 0 Å². The summed E-state index contributed by atoms with van der Waals surface area (Å²) in [6.45, 7) is 0.755. The first-order chi connectivity index (χ1) is 10.8. The Morgan fingerprint density at radius 3 is 2.91 bits per heavy atom. The second kappa shape index (κ2) is 5.40. The number of amides is 1. The molecule has 1 amide bonds. The highest BCUT2D eigenvalue weighted by atomic mass is 16.5. The van der Waals surface area contributed by atoms with Gasteiger partial charge in [-0.15, -0.1) is 0 Å². The normalized spacial score (nSPS) is 26.2. The van der Waals surface area contributed by atoms with Gasteiger partial charge in [0, 0.05) is 24.9 Å². The van der Waals surface area contributed by atoms with Crippen LogP contribution in [0.5, 0.6) is 5.75 Å². The van der Waals surface area contributed by atoms with Gasteiger partial charge in [0.1, 0.15) is 17.5 Å². The van der Waals surface area contributed by atoms with Crippen LogP contribution in [-0.2, 0) is 0 Å². The van der Waals surface area contributed by atoms with E-state index in [1.807, 2.05) is 29.2 Å². The molecule has 2 aromatic heterocycles. The van der Waals surface area contributed by atoms with Crippen LogP contribution in [0.3, 0.4) is 0 Å². The van der Waals surface area contributed by atoms with E-state index < -0.39 is 0 Å². The first-order valence-corrected chi connectivity index (χ1v) is 7.61. The van der Waals surface area contributed by atoms with Crippen LogP contribution < -0.4 is 4.74 Å². The lowest BCUT2D eigenvalue weighted by Crippen LogP contribution is -2.40. The Hall–Kier alpha value is -2.43. The van der Waals surface area contributed by atoms with Gasteiger partial charge < -0.3 is 9.64 Å². The Morgan fingerprint density at radius 1 is 1.18 bits per heavy atom. The number of ether oxygens (including phenoxy) is 1. The number of hydrogen-bond donors (Lipinski definition) is 0. The fraction of sp³-hybridized carbons (Fsp3) is 0.353. The number of fused-ring (bicyclic) bond motifs is 2. The van der Waals surface area contributed by atoms with Crippen LogP contribution in [0.4, 0.5) is 0 Å². The van der Waals surface area contributed by atoms with Crippen molar-refractivity contribution in [3.05, 3.63) is 54.6 Å². The summed E-state index contributed by atoms with van der Waals surface area (Å²) in [6.07, 6.45) is 7.29. The van der Waals surface area contributed by atoms with Crippen LogP contribution in [0, 0.1) is 5.92 Å². The highest BCUT2D eigenvalue weighted by molar-refractivity contribution is 5.92. The number of rotatable bonds is 3. The van der Waals surface area contributed by atoms with E-state index in [-0.39, 0.29) is 18.1 Å². The van der Waals surface area contributed by atoms with Crippen molar-refractivity contribution in [1.29, 1.82) is 0 Å². The summed E-state index contributed by atoms with van der Waals surface area (Å²) in [5, 5.41) is 0. The zero-order valence-electron chi connectivity index (χ0n) is 12.1. The lowest BCUT2D eigenvalue weighted by atomic mass is 10.1. The third-order valence-corrected chi connectivity index (χ3v) is 4.56. The maximum Gasteiger partial charge on any atom is 0.272 e. The van der Waals surface area contributed by atoms with Crippen molar-refractivity contribution in [2.45, 2.75) is 25.0 Å². The van der Waals surface area contributed by atoms with Gasteiger partial charge in [-0.3, -0.25) is 14.8 Å². The van der Waals surface area contributed by atoms with Crippen molar-refractivity contribution in [3.63, 3.8) is 0 Å². The summed E-state index contributed by atoms with van der Waals surface area (Å²) >= 11 is 0. The van der Waals surface area contributed by atoms with Crippen molar-refractivity contribution in [2.75, 3.05) is 6.54 Å². The molecule has 3 atom stereocenters. The number of carbonyl (C=O) groups is 1. The van der Waals surface area contributed by atoms with Crippen LogP contribution in [0.1, 0.15) is 23.3 Å². The summed E-state index contributed by atoms with van der Waals surface area (Å²) < 4.78 is 6.10. The molecule has 22 heavy (non-hydrogen) atoms. The van der Waals surface area contributed by atoms with Crippen LogP contribution >= 0.6 is 0 Å². The second-order valence-electron chi connectivity index (χ2n) is 5.85. The van der Waals surface area contributed by atoms with Gasteiger partial charge in [0.05, 0.1) is 12.2 Å². The van der Waals surface area contributed by atoms with E-state index in [2.05, 4.69) is 9.97 Å². The molecule has 1 aliphatic carbocycles. The Kier molecular flexibility index (Phi) is 3.25. The Balaban J connectivity index is 1.52. The van der Waals surface area contributed by atoms with Gasteiger partial charge >= 0.3 is 0 Å². The van der Waals surface area contributed by atoms with Gasteiger partial charge in [0.2, 0.25) is 0 Å². The largest absolute Gasteiger partial charge is 0.486 e. The molecule has 0 spiro atoms. The number of piperidine rings is 1. The molecule has 0 radical (unpaired) electrons. The first kappa shape index (κ1) is 13.2. The first-order valence-electron chi connectivity index (χ1n) is 7.61. The smallest absolute Gasteiger partial charge is 0.272 e. The average Bonchev–Trinajstić information content (AvgIpc) is 3.13. The van der Waals surface area contributed by atoms with Crippen molar-refractivity contribution in [1.82, 2.24) is 14.9 Å². The lowest BCUT2D eigenvalue weighted by Gasteiger charge is -2.26. The zero-order chi connectivity index (χ0) is 14.9. The van der Waals surface area contributed by atoms with Gasteiger partial charge in [-0.1, -0.05) is 6.07 Å². The second-order valence-corrected chi connectivity index (χ2v) is 5.85.